The number of hydrogen-bond donors (Lipinski definition) is 1. The van der Waals surface area contributed by atoms with Crippen LogP contribution in [-0.4, -0.2) is 25.4 Å². The van der Waals surface area contributed by atoms with E-state index in [0.717, 1.165) is 17.7 Å². The molecule has 0 unspecified atom stereocenters. The van der Waals surface area contributed by atoms with E-state index in [4.69, 9.17) is 18.9 Å². The number of carbonyl (C=O) groups is 1. The lowest BCUT2D eigenvalue weighted by Gasteiger charge is -2.27. The van der Waals surface area contributed by atoms with Gasteiger partial charge >= 0.3 is 0 Å². The van der Waals surface area contributed by atoms with Crippen molar-refractivity contribution in [3.63, 3.8) is 0 Å². The van der Waals surface area contributed by atoms with Crippen LogP contribution in [0, 0.1) is 0 Å². The van der Waals surface area contributed by atoms with Crippen LogP contribution in [0.1, 0.15) is 24.9 Å². The number of nitrogens with one attached hydrogen (secondary N) is 1. The smallest absolute Gasteiger partial charge is 0.261 e. The second kappa shape index (κ2) is 6.55. The summed E-state index contributed by atoms with van der Waals surface area (Å²) in [4.78, 5) is 12.5. The number of fused-ring (bicyclic) bond motifs is 2. The zero-order chi connectivity index (χ0) is 17.2. The maximum absolute atomic E-state index is 12.5. The normalized spacial score (nSPS) is 18.7. The Morgan fingerprint density at radius 1 is 1.12 bits per heavy atom. The summed E-state index contributed by atoms with van der Waals surface area (Å²) in [5.74, 6) is 2.54. The Labute approximate surface area is 145 Å². The molecule has 0 aromatic heterocycles. The van der Waals surface area contributed by atoms with Crippen LogP contribution in [-0.2, 0) is 4.79 Å². The van der Waals surface area contributed by atoms with Crippen molar-refractivity contribution in [2.45, 2.75) is 25.5 Å². The molecule has 0 saturated carbocycles. The second-order valence-corrected chi connectivity index (χ2v) is 6.01. The third-order valence-corrected chi connectivity index (χ3v) is 4.30. The van der Waals surface area contributed by atoms with Gasteiger partial charge in [0.2, 0.25) is 6.79 Å². The highest BCUT2D eigenvalue weighted by atomic mass is 16.7. The summed E-state index contributed by atoms with van der Waals surface area (Å²) in [5.41, 5.74) is 0.998. The average molecular weight is 341 g/mol. The van der Waals surface area contributed by atoms with Crippen LogP contribution >= 0.6 is 0 Å². The maximum atomic E-state index is 12.5. The molecule has 6 nitrogen and oxygen atoms in total. The van der Waals surface area contributed by atoms with Gasteiger partial charge in [0.15, 0.2) is 17.6 Å². The Balaban J connectivity index is 1.41. The molecular formula is C19H19NO5. The second-order valence-electron chi connectivity index (χ2n) is 6.01. The predicted octanol–water partition coefficient (Wildman–Crippen LogP) is 2.82. The third-order valence-electron chi connectivity index (χ3n) is 4.30. The number of para-hydroxylation sites is 1. The van der Waals surface area contributed by atoms with E-state index >= 15 is 0 Å². The summed E-state index contributed by atoms with van der Waals surface area (Å²) >= 11 is 0. The van der Waals surface area contributed by atoms with Crippen LogP contribution in [0.25, 0.3) is 0 Å². The van der Waals surface area contributed by atoms with Gasteiger partial charge in [-0.15, -0.1) is 0 Å². The van der Waals surface area contributed by atoms with Crippen LogP contribution in [0.4, 0.5) is 0 Å². The van der Waals surface area contributed by atoms with Crippen molar-refractivity contribution in [2.75, 3.05) is 13.4 Å². The van der Waals surface area contributed by atoms with E-state index in [2.05, 4.69) is 5.32 Å². The molecule has 2 aromatic carbocycles. The van der Waals surface area contributed by atoms with E-state index in [9.17, 15) is 4.79 Å². The van der Waals surface area contributed by atoms with Gasteiger partial charge in [0.1, 0.15) is 11.5 Å². The lowest BCUT2D eigenvalue weighted by molar-refractivity contribution is -0.128. The SMILES string of the molecule is C[C@@H](Oc1ccc2c(c1)OCO2)C(=O)N[C@@H]1CCOc2ccccc21. The maximum Gasteiger partial charge on any atom is 0.261 e. The van der Waals surface area contributed by atoms with Gasteiger partial charge in [0, 0.05) is 18.1 Å². The molecule has 1 amide bonds. The van der Waals surface area contributed by atoms with E-state index in [-0.39, 0.29) is 18.7 Å². The molecule has 1 N–H and O–H groups in total. The molecule has 0 fully saturated rings. The fourth-order valence-electron chi connectivity index (χ4n) is 2.99. The molecule has 25 heavy (non-hydrogen) atoms. The molecular weight excluding hydrogens is 322 g/mol. The topological polar surface area (TPSA) is 66.0 Å². The van der Waals surface area contributed by atoms with Crippen LogP contribution < -0.4 is 24.3 Å². The Hall–Kier alpha value is -2.89. The molecule has 4 rings (SSSR count). The van der Waals surface area contributed by atoms with Gasteiger partial charge in [-0.05, 0) is 25.1 Å². The van der Waals surface area contributed by atoms with E-state index < -0.39 is 6.10 Å². The first-order valence-electron chi connectivity index (χ1n) is 8.29. The van der Waals surface area contributed by atoms with Crippen LogP contribution in [0.2, 0.25) is 0 Å². The number of carbonyl (C=O) groups excluding carboxylic acids is 1. The largest absolute Gasteiger partial charge is 0.493 e. The first-order chi connectivity index (χ1) is 12.2. The fourth-order valence-corrected chi connectivity index (χ4v) is 2.99. The van der Waals surface area contributed by atoms with Crippen LogP contribution in [0.3, 0.4) is 0 Å². The summed E-state index contributed by atoms with van der Waals surface area (Å²) < 4.78 is 22.0. The van der Waals surface area contributed by atoms with Crippen LogP contribution in [0.15, 0.2) is 42.5 Å². The highest BCUT2D eigenvalue weighted by Gasteiger charge is 2.25. The Morgan fingerprint density at radius 2 is 1.96 bits per heavy atom. The lowest BCUT2D eigenvalue weighted by Crippen LogP contribution is -2.40. The van der Waals surface area contributed by atoms with Gasteiger partial charge in [0.25, 0.3) is 5.91 Å². The molecule has 2 aliphatic heterocycles. The molecule has 0 aliphatic carbocycles. The summed E-state index contributed by atoms with van der Waals surface area (Å²) in [7, 11) is 0. The highest BCUT2D eigenvalue weighted by Crippen LogP contribution is 2.35. The fraction of sp³-hybridized carbons (Fsp3) is 0.316. The van der Waals surface area contributed by atoms with Gasteiger partial charge in [-0.1, -0.05) is 18.2 Å². The van der Waals surface area contributed by atoms with Gasteiger partial charge in [-0.2, -0.15) is 0 Å². The predicted molar refractivity (Wildman–Crippen MR) is 90.1 cm³/mol. The van der Waals surface area contributed by atoms with E-state index in [0.29, 0.717) is 23.9 Å². The molecule has 0 spiro atoms. The van der Waals surface area contributed by atoms with Crippen molar-refractivity contribution in [2.24, 2.45) is 0 Å². The van der Waals surface area contributed by atoms with E-state index in [1.165, 1.54) is 0 Å². The highest BCUT2D eigenvalue weighted by molar-refractivity contribution is 5.81. The molecule has 0 saturated heterocycles. The molecule has 130 valence electrons. The number of rotatable bonds is 4. The van der Waals surface area contributed by atoms with Gasteiger partial charge in [-0.3, -0.25) is 4.79 Å². The van der Waals surface area contributed by atoms with E-state index in [1.54, 1.807) is 25.1 Å². The van der Waals surface area contributed by atoms with Crippen molar-refractivity contribution >= 4 is 5.91 Å². The number of amides is 1. The first kappa shape index (κ1) is 15.6. The molecule has 6 heteroatoms. The van der Waals surface area contributed by atoms with Crippen molar-refractivity contribution in [1.29, 1.82) is 0 Å². The van der Waals surface area contributed by atoms with Crippen molar-refractivity contribution < 1.29 is 23.7 Å². The van der Waals surface area contributed by atoms with E-state index in [1.807, 2.05) is 24.3 Å². The monoisotopic (exact) mass is 341 g/mol. The average Bonchev–Trinajstić information content (AvgIpc) is 3.10. The minimum atomic E-state index is -0.629. The third kappa shape index (κ3) is 3.20. The number of hydrogen-bond acceptors (Lipinski definition) is 5. The molecule has 2 aromatic rings. The summed E-state index contributed by atoms with van der Waals surface area (Å²) in [6, 6.07) is 13.0. The quantitative estimate of drug-likeness (QED) is 0.926. The summed E-state index contributed by atoms with van der Waals surface area (Å²) in [6.45, 7) is 2.52. The van der Waals surface area contributed by atoms with Crippen molar-refractivity contribution in [1.82, 2.24) is 5.32 Å². The summed E-state index contributed by atoms with van der Waals surface area (Å²) in [6.07, 6.45) is 0.106. The van der Waals surface area contributed by atoms with Crippen molar-refractivity contribution in [3.8, 4) is 23.0 Å². The minimum absolute atomic E-state index is 0.0692. The van der Waals surface area contributed by atoms with Crippen LogP contribution in [0.5, 0.6) is 23.0 Å². The van der Waals surface area contributed by atoms with Crippen molar-refractivity contribution in [3.05, 3.63) is 48.0 Å². The molecule has 2 atom stereocenters. The Bertz CT molecular complexity index is 791. The summed E-state index contributed by atoms with van der Waals surface area (Å²) in [5, 5.41) is 3.05. The zero-order valence-corrected chi connectivity index (χ0v) is 13.9. The Morgan fingerprint density at radius 3 is 2.88 bits per heavy atom. The Kier molecular flexibility index (Phi) is 4.09. The standard InChI is InChI=1S/C19H19NO5/c1-12(25-13-6-7-17-18(10-13)24-11-23-17)19(21)20-15-8-9-22-16-5-3-2-4-14(15)16/h2-7,10,12,15H,8-9,11H2,1H3,(H,20,21)/t12-,15-/m1/s1. The van der Waals surface area contributed by atoms with Gasteiger partial charge in [-0.25, -0.2) is 0 Å². The molecule has 2 aliphatic rings. The number of benzene rings is 2. The molecule has 0 radical (unpaired) electrons. The molecule has 2 heterocycles. The molecule has 0 bridgehead atoms. The lowest BCUT2D eigenvalue weighted by atomic mass is 10.0. The minimum Gasteiger partial charge on any atom is -0.493 e. The van der Waals surface area contributed by atoms with Gasteiger partial charge in [0.05, 0.1) is 12.6 Å². The number of ether oxygens (including phenoxy) is 4. The zero-order valence-electron chi connectivity index (χ0n) is 13.9. The first-order valence-corrected chi connectivity index (χ1v) is 8.29. The van der Waals surface area contributed by atoms with Gasteiger partial charge < -0.3 is 24.3 Å².